The number of carbonyl (C=O) groups excluding carboxylic acids is 3. The molecule has 2 aliphatic heterocycles. The number of hydrogen-bond acceptors (Lipinski definition) is 7. The van der Waals surface area contributed by atoms with E-state index in [0.717, 1.165) is 25.1 Å². The molecule has 146 valence electrons. The highest BCUT2D eigenvalue weighted by molar-refractivity contribution is 6.05. The average Bonchev–Trinajstić information content (AvgIpc) is 3.30. The van der Waals surface area contributed by atoms with Crippen molar-refractivity contribution in [1.29, 1.82) is 0 Å². The third-order valence-corrected chi connectivity index (χ3v) is 4.89. The Morgan fingerprint density at radius 3 is 2.96 bits per heavy atom. The van der Waals surface area contributed by atoms with Crippen molar-refractivity contribution >= 4 is 35.0 Å². The van der Waals surface area contributed by atoms with Gasteiger partial charge in [-0.3, -0.25) is 9.59 Å². The molecule has 28 heavy (non-hydrogen) atoms. The van der Waals surface area contributed by atoms with Gasteiger partial charge in [0.15, 0.2) is 11.9 Å². The van der Waals surface area contributed by atoms with Crippen LogP contribution in [0.1, 0.15) is 35.9 Å². The third kappa shape index (κ3) is 3.30. The van der Waals surface area contributed by atoms with Crippen molar-refractivity contribution in [1.82, 2.24) is 5.16 Å². The quantitative estimate of drug-likeness (QED) is 0.776. The van der Waals surface area contributed by atoms with Crippen molar-refractivity contribution < 1.29 is 23.6 Å². The highest BCUT2D eigenvalue weighted by Gasteiger charge is 2.36. The van der Waals surface area contributed by atoms with E-state index in [4.69, 9.17) is 9.26 Å². The monoisotopic (exact) mass is 384 g/mol. The predicted molar refractivity (Wildman–Crippen MR) is 100 cm³/mol. The third-order valence-electron chi connectivity index (χ3n) is 4.89. The molecular formula is C19H20N4O5. The number of anilines is 3. The van der Waals surface area contributed by atoms with Crippen LogP contribution in [0.15, 0.2) is 28.8 Å². The zero-order valence-corrected chi connectivity index (χ0v) is 15.5. The van der Waals surface area contributed by atoms with Crippen molar-refractivity contribution in [2.75, 3.05) is 22.1 Å². The van der Waals surface area contributed by atoms with Crippen LogP contribution in [-0.2, 0) is 14.3 Å². The van der Waals surface area contributed by atoms with Crippen molar-refractivity contribution in [3.05, 3.63) is 35.6 Å². The van der Waals surface area contributed by atoms with E-state index >= 15 is 0 Å². The van der Waals surface area contributed by atoms with Crippen LogP contribution in [0.3, 0.4) is 0 Å². The molecule has 0 spiro atoms. The van der Waals surface area contributed by atoms with Gasteiger partial charge in [-0.25, -0.2) is 4.79 Å². The van der Waals surface area contributed by atoms with E-state index in [9.17, 15) is 14.4 Å². The largest absolute Gasteiger partial charge is 0.449 e. The fraction of sp³-hybridized carbons (Fsp3) is 0.368. The molecule has 0 unspecified atom stereocenters. The number of fused-ring (bicyclic) bond motifs is 3. The number of esters is 1. The van der Waals surface area contributed by atoms with E-state index in [1.54, 1.807) is 31.2 Å². The van der Waals surface area contributed by atoms with Crippen molar-refractivity contribution in [2.45, 2.75) is 38.8 Å². The summed E-state index contributed by atoms with van der Waals surface area (Å²) in [5, 5.41) is 9.03. The maximum atomic E-state index is 12.4. The Labute approximate surface area is 161 Å². The molecule has 2 N–H and O–H groups in total. The molecular weight excluding hydrogens is 364 g/mol. The van der Waals surface area contributed by atoms with Gasteiger partial charge in [0, 0.05) is 12.6 Å². The topological polar surface area (TPSA) is 114 Å². The highest BCUT2D eigenvalue weighted by Crippen LogP contribution is 2.37. The van der Waals surface area contributed by atoms with E-state index in [-0.39, 0.29) is 23.3 Å². The lowest BCUT2D eigenvalue weighted by Gasteiger charge is -2.33. The average molecular weight is 384 g/mol. The second kappa shape index (κ2) is 6.99. The Morgan fingerprint density at radius 1 is 1.39 bits per heavy atom. The number of carbonyl (C=O) groups is 3. The summed E-state index contributed by atoms with van der Waals surface area (Å²) >= 11 is 0. The Hall–Kier alpha value is -3.36. The van der Waals surface area contributed by atoms with Crippen LogP contribution in [0.25, 0.3) is 0 Å². The summed E-state index contributed by atoms with van der Waals surface area (Å²) in [6, 6.07) is 6.43. The Bertz CT molecular complexity index is 954. The number of amides is 2. The van der Waals surface area contributed by atoms with E-state index in [1.807, 2.05) is 0 Å². The summed E-state index contributed by atoms with van der Waals surface area (Å²) in [5.74, 6) is -0.433. The molecule has 1 fully saturated rings. The van der Waals surface area contributed by atoms with Gasteiger partial charge in [-0.05, 0) is 44.9 Å². The molecule has 9 heteroatoms. The van der Waals surface area contributed by atoms with Crippen LogP contribution in [0.2, 0.25) is 0 Å². The highest BCUT2D eigenvalue weighted by atomic mass is 16.5. The fourth-order valence-electron chi connectivity index (χ4n) is 3.49. The molecule has 1 aromatic heterocycles. The first kappa shape index (κ1) is 18.0. The Balaban J connectivity index is 1.44. The smallest absolute Gasteiger partial charge is 0.338 e. The number of nitrogens with zero attached hydrogens (tertiary/aromatic N) is 2. The lowest BCUT2D eigenvalue weighted by molar-refractivity contribution is -0.123. The van der Waals surface area contributed by atoms with Crippen LogP contribution >= 0.6 is 0 Å². The van der Waals surface area contributed by atoms with Gasteiger partial charge < -0.3 is 24.8 Å². The summed E-state index contributed by atoms with van der Waals surface area (Å²) in [4.78, 5) is 38.9. The molecule has 4 rings (SSSR count). The van der Waals surface area contributed by atoms with E-state index in [0.29, 0.717) is 11.4 Å². The van der Waals surface area contributed by atoms with Gasteiger partial charge in [-0.1, -0.05) is 5.16 Å². The lowest BCUT2D eigenvalue weighted by atomic mass is 10.1. The van der Waals surface area contributed by atoms with E-state index in [2.05, 4.69) is 20.7 Å². The summed E-state index contributed by atoms with van der Waals surface area (Å²) in [6.45, 7) is 3.98. The van der Waals surface area contributed by atoms with Crippen molar-refractivity contribution in [3.63, 3.8) is 0 Å². The standard InChI is InChI=1S/C19H20N4O5/c1-10-8-16(22-28-10)21-17(24)11(2)27-19(26)12-5-6-14-13(9-12)20-18(25)15-4-3-7-23(14)15/h5-6,8-9,11,15H,3-4,7H2,1-2H3,(H,20,25)(H,21,22,24)/t11-,15+/m1/s1. The number of rotatable bonds is 4. The Kier molecular flexibility index (Phi) is 4.50. The second-order valence-electron chi connectivity index (χ2n) is 6.93. The molecule has 2 amide bonds. The van der Waals surface area contributed by atoms with Gasteiger partial charge in [-0.2, -0.15) is 0 Å². The molecule has 9 nitrogen and oxygen atoms in total. The molecule has 3 heterocycles. The number of benzene rings is 1. The van der Waals surface area contributed by atoms with Gasteiger partial charge in [-0.15, -0.1) is 0 Å². The lowest BCUT2D eigenvalue weighted by Crippen LogP contribution is -2.43. The Morgan fingerprint density at radius 2 is 2.21 bits per heavy atom. The van der Waals surface area contributed by atoms with Gasteiger partial charge in [0.2, 0.25) is 5.91 Å². The van der Waals surface area contributed by atoms with Crippen LogP contribution in [0.5, 0.6) is 0 Å². The molecule has 1 aromatic carbocycles. The molecule has 0 radical (unpaired) electrons. The first-order valence-electron chi connectivity index (χ1n) is 9.09. The summed E-state index contributed by atoms with van der Waals surface area (Å²) in [6.07, 6.45) is 0.754. The van der Waals surface area contributed by atoms with Crippen LogP contribution in [0.4, 0.5) is 17.2 Å². The molecule has 0 saturated carbocycles. The zero-order chi connectivity index (χ0) is 19.8. The number of hydrogen-bond donors (Lipinski definition) is 2. The van der Waals surface area contributed by atoms with Gasteiger partial charge in [0.05, 0.1) is 16.9 Å². The van der Waals surface area contributed by atoms with Gasteiger partial charge >= 0.3 is 5.97 Å². The zero-order valence-electron chi connectivity index (χ0n) is 15.5. The molecule has 1 saturated heterocycles. The maximum Gasteiger partial charge on any atom is 0.338 e. The van der Waals surface area contributed by atoms with Crippen LogP contribution < -0.4 is 15.5 Å². The summed E-state index contributed by atoms with van der Waals surface area (Å²) < 4.78 is 10.1. The van der Waals surface area contributed by atoms with Crippen molar-refractivity contribution in [3.8, 4) is 0 Å². The second-order valence-corrected chi connectivity index (χ2v) is 6.93. The number of nitrogens with one attached hydrogen (secondary N) is 2. The molecule has 2 atom stereocenters. The SMILES string of the molecule is Cc1cc(NC(=O)[C@@H](C)OC(=O)c2ccc3c(c2)NC(=O)[C@@H]2CCCN32)no1. The predicted octanol–water partition coefficient (Wildman–Crippen LogP) is 2.09. The molecule has 0 aliphatic carbocycles. The minimum atomic E-state index is -1.03. The number of aryl methyl sites for hydroxylation is 1. The first-order valence-corrected chi connectivity index (χ1v) is 9.09. The van der Waals surface area contributed by atoms with Crippen molar-refractivity contribution in [2.24, 2.45) is 0 Å². The maximum absolute atomic E-state index is 12.4. The molecule has 0 bridgehead atoms. The minimum Gasteiger partial charge on any atom is -0.449 e. The first-order chi connectivity index (χ1) is 13.4. The van der Waals surface area contributed by atoms with Crippen LogP contribution in [-0.4, -0.2) is 41.6 Å². The summed E-state index contributed by atoms with van der Waals surface area (Å²) in [7, 11) is 0. The minimum absolute atomic E-state index is 0.0637. The number of aromatic nitrogens is 1. The summed E-state index contributed by atoms with van der Waals surface area (Å²) in [5.41, 5.74) is 1.73. The fourth-order valence-corrected chi connectivity index (χ4v) is 3.49. The molecule has 2 aromatic rings. The van der Waals surface area contributed by atoms with E-state index < -0.39 is 18.0 Å². The molecule has 2 aliphatic rings. The van der Waals surface area contributed by atoms with Crippen LogP contribution in [0, 0.1) is 6.92 Å². The van der Waals surface area contributed by atoms with E-state index in [1.165, 1.54) is 6.92 Å². The van der Waals surface area contributed by atoms with Gasteiger partial charge in [0.1, 0.15) is 11.8 Å². The number of ether oxygens (including phenoxy) is 1. The normalized spacial score (nSPS) is 18.7. The van der Waals surface area contributed by atoms with Gasteiger partial charge in [0.25, 0.3) is 5.91 Å².